The third-order valence-electron chi connectivity index (χ3n) is 7.69. The van der Waals surface area contributed by atoms with Crippen LogP contribution in [0.3, 0.4) is 0 Å². The quantitative estimate of drug-likeness (QED) is 0.292. The van der Waals surface area contributed by atoms with Crippen LogP contribution in [0.15, 0.2) is 66.7 Å². The molecule has 1 aliphatic rings. The van der Waals surface area contributed by atoms with E-state index in [-0.39, 0.29) is 18.6 Å². The number of methoxy groups -OCH3 is 2. The highest BCUT2D eigenvalue weighted by atomic mass is 16.5. The minimum absolute atomic E-state index is 0.0471. The predicted octanol–water partition coefficient (Wildman–Crippen LogP) is 5.99. The van der Waals surface area contributed by atoms with Gasteiger partial charge in [-0.1, -0.05) is 63.1 Å². The number of carbonyl (C=O) groups is 1. The summed E-state index contributed by atoms with van der Waals surface area (Å²) in [6, 6.07) is 21.3. The number of amides is 1. The fourth-order valence-electron chi connectivity index (χ4n) is 5.26. The molecule has 1 aliphatic carbocycles. The van der Waals surface area contributed by atoms with Gasteiger partial charge in [-0.2, -0.15) is 0 Å². The largest absolute Gasteiger partial charge is 0.497 e. The normalized spacial score (nSPS) is 18.9. The van der Waals surface area contributed by atoms with Crippen molar-refractivity contribution >= 4 is 5.91 Å². The topological polar surface area (TPSA) is 82.8 Å². The van der Waals surface area contributed by atoms with Gasteiger partial charge in [0.25, 0.3) is 5.91 Å². The monoisotopic (exact) mass is 516 g/mol. The summed E-state index contributed by atoms with van der Waals surface area (Å²) >= 11 is 0. The Morgan fingerprint density at radius 3 is 2.34 bits per heavy atom. The lowest BCUT2D eigenvalue weighted by Gasteiger charge is -2.17. The molecule has 3 N–H and O–H groups in total. The summed E-state index contributed by atoms with van der Waals surface area (Å²) in [4.78, 5) is 12.4. The molecule has 0 heterocycles. The van der Waals surface area contributed by atoms with Crippen molar-refractivity contribution in [2.24, 2.45) is 17.6 Å². The Morgan fingerprint density at radius 2 is 1.68 bits per heavy atom. The number of benzene rings is 3. The second kappa shape index (κ2) is 12.8. The SMILES string of the molecule is CCCC[C@H]1C(c2ccc(CNC(=O)COc3ccc(C(N)c4ccc(OC)cc4OC)cc3)cc2)[C@H]1C. The molecular weight excluding hydrogens is 476 g/mol. The van der Waals surface area contributed by atoms with E-state index < -0.39 is 0 Å². The highest BCUT2D eigenvalue weighted by Gasteiger charge is 2.46. The highest BCUT2D eigenvalue weighted by Crippen LogP contribution is 2.56. The van der Waals surface area contributed by atoms with Crippen LogP contribution in [0.5, 0.6) is 17.2 Å². The van der Waals surface area contributed by atoms with Crippen LogP contribution >= 0.6 is 0 Å². The number of rotatable bonds is 13. The average Bonchev–Trinajstić information content (AvgIpc) is 3.61. The van der Waals surface area contributed by atoms with Crippen LogP contribution in [0.2, 0.25) is 0 Å². The molecule has 3 aromatic rings. The average molecular weight is 517 g/mol. The molecule has 0 bridgehead atoms. The lowest BCUT2D eigenvalue weighted by molar-refractivity contribution is -0.123. The summed E-state index contributed by atoms with van der Waals surface area (Å²) in [5.41, 5.74) is 10.8. The van der Waals surface area contributed by atoms with Crippen LogP contribution in [-0.4, -0.2) is 26.7 Å². The first kappa shape index (κ1) is 27.5. The molecule has 0 aliphatic heterocycles. The second-order valence-electron chi connectivity index (χ2n) is 10.2. The molecule has 1 saturated carbocycles. The van der Waals surface area contributed by atoms with Crippen molar-refractivity contribution in [3.05, 3.63) is 89.0 Å². The fourth-order valence-corrected chi connectivity index (χ4v) is 5.26. The van der Waals surface area contributed by atoms with Crippen LogP contribution in [0.4, 0.5) is 0 Å². The molecule has 4 rings (SSSR count). The van der Waals surface area contributed by atoms with E-state index in [1.54, 1.807) is 14.2 Å². The summed E-state index contributed by atoms with van der Waals surface area (Å²) in [7, 11) is 3.23. The molecule has 1 fully saturated rings. The van der Waals surface area contributed by atoms with Gasteiger partial charge in [-0.25, -0.2) is 0 Å². The van der Waals surface area contributed by atoms with Crippen molar-refractivity contribution < 1.29 is 19.0 Å². The van der Waals surface area contributed by atoms with Crippen LogP contribution in [-0.2, 0) is 11.3 Å². The van der Waals surface area contributed by atoms with Gasteiger partial charge in [0.05, 0.1) is 20.3 Å². The fraction of sp³-hybridized carbons (Fsp3) is 0.406. The summed E-state index contributed by atoms with van der Waals surface area (Å²) in [5, 5.41) is 2.94. The van der Waals surface area contributed by atoms with Gasteiger partial charge in [0, 0.05) is 18.2 Å². The molecule has 0 radical (unpaired) electrons. The minimum Gasteiger partial charge on any atom is -0.497 e. The molecule has 4 atom stereocenters. The molecule has 1 amide bonds. The van der Waals surface area contributed by atoms with E-state index in [1.165, 1.54) is 24.8 Å². The van der Waals surface area contributed by atoms with Gasteiger partial charge in [0.1, 0.15) is 17.2 Å². The van der Waals surface area contributed by atoms with E-state index in [2.05, 4.69) is 43.4 Å². The second-order valence-corrected chi connectivity index (χ2v) is 10.2. The lowest BCUT2D eigenvalue weighted by atomic mass is 9.98. The van der Waals surface area contributed by atoms with E-state index >= 15 is 0 Å². The number of carbonyl (C=O) groups excluding carboxylic acids is 1. The molecule has 3 aromatic carbocycles. The Labute approximate surface area is 226 Å². The zero-order chi connectivity index (χ0) is 27.1. The predicted molar refractivity (Wildman–Crippen MR) is 151 cm³/mol. The number of nitrogens with one attached hydrogen (secondary N) is 1. The van der Waals surface area contributed by atoms with Crippen molar-refractivity contribution in [2.75, 3.05) is 20.8 Å². The highest BCUT2D eigenvalue weighted by molar-refractivity contribution is 5.77. The molecule has 202 valence electrons. The molecule has 6 nitrogen and oxygen atoms in total. The van der Waals surface area contributed by atoms with E-state index in [9.17, 15) is 4.79 Å². The molecule has 0 aromatic heterocycles. The van der Waals surface area contributed by atoms with Crippen molar-refractivity contribution in [3.63, 3.8) is 0 Å². The van der Waals surface area contributed by atoms with E-state index in [0.29, 0.717) is 29.7 Å². The van der Waals surface area contributed by atoms with Crippen molar-refractivity contribution in [1.29, 1.82) is 0 Å². The maximum Gasteiger partial charge on any atom is 0.258 e. The summed E-state index contributed by atoms with van der Waals surface area (Å²) in [6.45, 7) is 5.05. The zero-order valence-electron chi connectivity index (χ0n) is 22.9. The van der Waals surface area contributed by atoms with Gasteiger partial charge >= 0.3 is 0 Å². The number of nitrogens with two attached hydrogens (primary N) is 1. The van der Waals surface area contributed by atoms with Crippen LogP contribution in [0, 0.1) is 11.8 Å². The maximum absolute atomic E-state index is 12.4. The molecule has 6 heteroatoms. The van der Waals surface area contributed by atoms with E-state index in [4.69, 9.17) is 19.9 Å². The molecular formula is C32H40N2O4. The smallest absolute Gasteiger partial charge is 0.258 e. The van der Waals surface area contributed by atoms with Gasteiger partial charge in [-0.3, -0.25) is 4.79 Å². The van der Waals surface area contributed by atoms with Gasteiger partial charge in [0.15, 0.2) is 6.61 Å². The Bertz CT molecular complexity index is 1190. The molecule has 0 spiro atoms. The van der Waals surface area contributed by atoms with Crippen molar-refractivity contribution in [2.45, 2.75) is 51.6 Å². The van der Waals surface area contributed by atoms with Gasteiger partial charge in [-0.15, -0.1) is 0 Å². The van der Waals surface area contributed by atoms with Gasteiger partial charge < -0.3 is 25.3 Å². The Morgan fingerprint density at radius 1 is 0.974 bits per heavy atom. The number of unbranched alkanes of at least 4 members (excludes halogenated alkanes) is 1. The third-order valence-corrected chi connectivity index (χ3v) is 7.69. The first-order chi connectivity index (χ1) is 18.4. The molecule has 38 heavy (non-hydrogen) atoms. The Hall–Kier alpha value is -3.51. The standard InChI is InChI=1S/C32H40N2O4/c1-5-6-7-27-21(2)31(27)23-10-8-22(9-11-23)19-34-30(35)20-38-25-14-12-24(13-15-25)32(33)28-17-16-26(36-3)18-29(28)37-4/h8-18,21,27,31-32H,5-7,19-20,33H2,1-4H3,(H,34,35)/t21-,27+,31?,32?/m0/s1. The number of hydrogen-bond donors (Lipinski definition) is 2. The molecule has 0 saturated heterocycles. The maximum atomic E-state index is 12.4. The summed E-state index contributed by atoms with van der Waals surface area (Å²) in [5.74, 6) is 4.12. The lowest BCUT2D eigenvalue weighted by Crippen LogP contribution is -2.28. The van der Waals surface area contributed by atoms with E-state index in [1.807, 2.05) is 42.5 Å². The van der Waals surface area contributed by atoms with Crippen LogP contribution in [0.25, 0.3) is 0 Å². The van der Waals surface area contributed by atoms with Crippen molar-refractivity contribution in [1.82, 2.24) is 5.32 Å². The Balaban J connectivity index is 1.23. The van der Waals surface area contributed by atoms with E-state index in [0.717, 1.165) is 28.5 Å². The zero-order valence-corrected chi connectivity index (χ0v) is 22.9. The summed E-state index contributed by atoms with van der Waals surface area (Å²) < 4.78 is 16.4. The van der Waals surface area contributed by atoms with Crippen LogP contribution < -0.4 is 25.3 Å². The molecule has 2 unspecified atom stereocenters. The van der Waals surface area contributed by atoms with Crippen molar-refractivity contribution in [3.8, 4) is 17.2 Å². The first-order valence-electron chi connectivity index (χ1n) is 13.5. The minimum atomic E-state index is -0.370. The first-order valence-corrected chi connectivity index (χ1v) is 13.5. The van der Waals surface area contributed by atoms with Gasteiger partial charge in [0.2, 0.25) is 0 Å². The number of ether oxygens (including phenoxy) is 3. The van der Waals surface area contributed by atoms with Crippen LogP contribution in [0.1, 0.15) is 67.3 Å². The third kappa shape index (κ3) is 6.67. The van der Waals surface area contributed by atoms with Gasteiger partial charge in [-0.05, 0) is 65.1 Å². The Kier molecular flexibility index (Phi) is 9.29. The summed E-state index contributed by atoms with van der Waals surface area (Å²) in [6.07, 6.45) is 3.90. The number of hydrogen-bond acceptors (Lipinski definition) is 5.